The predicted molar refractivity (Wildman–Crippen MR) is 111 cm³/mol. The highest BCUT2D eigenvalue weighted by molar-refractivity contribution is 6.46. The Labute approximate surface area is 177 Å². The molecule has 1 aliphatic heterocycles. The van der Waals surface area contributed by atoms with Crippen LogP contribution in [0.2, 0.25) is 0 Å². The molecule has 1 aromatic heterocycles. The number of benzene rings is 2. The number of aliphatic hydroxyl groups is 1. The average Bonchev–Trinajstić information content (AvgIpc) is 3.36. The fraction of sp³-hybridized carbons (Fsp3) is 0.130. The Morgan fingerprint density at radius 1 is 1.13 bits per heavy atom. The van der Waals surface area contributed by atoms with Crippen molar-refractivity contribution in [2.24, 2.45) is 0 Å². The van der Waals surface area contributed by atoms with Crippen LogP contribution in [0.25, 0.3) is 5.76 Å². The van der Waals surface area contributed by atoms with Crippen LogP contribution in [-0.2, 0) is 16.1 Å². The largest absolute Gasteiger partial charge is 0.507 e. The lowest BCUT2D eigenvalue weighted by molar-refractivity contribution is -0.384. The second-order valence-electron chi connectivity index (χ2n) is 7.22. The lowest BCUT2D eigenvalue weighted by Gasteiger charge is -2.24. The summed E-state index contributed by atoms with van der Waals surface area (Å²) in [7, 11) is 0. The van der Waals surface area contributed by atoms with Gasteiger partial charge in [0.15, 0.2) is 0 Å². The molecule has 0 bridgehead atoms. The molecule has 1 aliphatic rings. The van der Waals surface area contributed by atoms with Crippen LogP contribution in [0.4, 0.5) is 5.69 Å². The lowest BCUT2D eigenvalue weighted by Crippen LogP contribution is -2.29. The number of furan rings is 1. The summed E-state index contributed by atoms with van der Waals surface area (Å²) in [6.07, 6.45) is 1.45. The summed E-state index contributed by atoms with van der Waals surface area (Å²) in [6.45, 7) is 1.85. The summed E-state index contributed by atoms with van der Waals surface area (Å²) >= 11 is 0. The van der Waals surface area contributed by atoms with Crippen molar-refractivity contribution in [1.29, 1.82) is 0 Å². The molecule has 0 saturated carbocycles. The van der Waals surface area contributed by atoms with Crippen molar-refractivity contribution in [3.63, 3.8) is 0 Å². The molecule has 0 radical (unpaired) electrons. The number of hydrogen-bond acceptors (Lipinski definition) is 6. The van der Waals surface area contributed by atoms with Crippen molar-refractivity contribution < 1.29 is 24.0 Å². The van der Waals surface area contributed by atoms with E-state index >= 15 is 0 Å². The molecule has 8 heteroatoms. The molecule has 2 heterocycles. The molecule has 0 aliphatic carbocycles. The van der Waals surface area contributed by atoms with Gasteiger partial charge in [0.25, 0.3) is 17.4 Å². The van der Waals surface area contributed by atoms with Crippen LogP contribution >= 0.6 is 0 Å². The SMILES string of the molecule is Cc1ccc(C(O)=C2C(=O)C(=O)N(Cc3ccco3)C2c2cccc([N+](=O)[O-])c2)cc1. The van der Waals surface area contributed by atoms with E-state index in [-0.39, 0.29) is 23.6 Å². The van der Waals surface area contributed by atoms with Crippen molar-refractivity contribution >= 4 is 23.1 Å². The molecule has 0 spiro atoms. The maximum absolute atomic E-state index is 13.0. The van der Waals surface area contributed by atoms with Gasteiger partial charge in [0.1, 0.15) is 11.5 Å². The molecule has 1 fully saturated rings. The number of likely N-dealkylation sites (tertiary alicyclic amines) is 1. The second kappa shape index (κ2) is 7.91. The molecule has 1 saturated heterocycles. The van der Waals surface area contributed by atoms with E-state index < -0.39 is 22.7 Å². The second-order valence-corrected chi connectivity index (χ2v) is 7.22. The van der Waals surface area contributed by atoms with Gasteiger partial charge in [-0.25, -0.2) is 0 Å². The molecular formula is C23H18N2O6. The molecule has 1 amide bonds. The minimum Gasteiger partial charge on any atom is -0.507 e. The smallest absolute Gasteiger partial charge is 0.296 e. The predicted octanol–water partition coefficient (Wildman–Crippen LogP) is 4.12. The molecule has 8 nitrogen and oxygen atoms in total. The fourth-order valence-corrected chi connectivity index (χ4v) is 3.64. The number of aliphatic hydroxyl groups excluding tert-OH is 1. The first-order chi connectivity index (χ1) is 14.9. The Bertz CT molecular complexity index is 1200. The quantitative estimate of drug-likeness (QED) is 0.219. The van der Waals surface area contributed by atoms with E-state index in [2.05, 4.69) is 0 Å². The first-order valence-electron chi connectivity index (χ1n) is 9.49. The highest BCUT2D eigenvalue weighted by atomic mass is 16.6. The van der Waals surface area contributed by atoms with Crippen LogP contribution < -0.4 is 0 Å². The number of carbonyl (C=O) groups is 2. The monoisotopic (exact) mass is 418 g/mol. The minimum atomic E-state index is -1.01. The number of carbonyl (C=O) groups excluding carboxylic acids is 2. The number of aryl methyl sites for hydroxylation is 1. The first kappa shape index (κ1) is 20.1. The van der Waals surface area contributed by atoms with Crippen molar-refractivity contribution in [2.75, 3.05) is 0 Å². The highest BCUT2D eigenvalue weighted by Crippen LogP contribution is 2.41. The normalized spacial score (nSPS) is 17.8. The minimum absolute atomic E-state index is 0.0321. The van der Waals surface area contributed by atoms with Crippen LogP contribution in [0.5, 0.6) is 0 Å². The van der Waals surface area contributed by atoms with Gasteiger partial charge in [-0.2, -0.15) is 0 Å². The molecular weight excluding hydrogens is 400 g/mol. The van der Waals surface area contributed by atoms with Gasteiger partial charge in [-0.05, 0) is 24.6 Å². The van der Waals surface area contributed by atoms with Gasteiger partial charge in [0, 0.05) is 17.7 Å². The number of hydrogen-bond donors (Lipinski definition) is 1. The molecule has 3 aromatic rings. The number of ketones is 1. The third-order valence-corrected chi connectivity index (χ3v) is 5.17. The summed E-state index contributed by atoms with van der Waals surface area (Å²) < 4.78 is 5.33. The fourth-order valence-electron chi connectivity index (χ4n) is 3.64. The van der Waals surface area contributed by atoms with Gasteiger partial charge >= 0.3 is 0 Å². The summed E-state index contributed by atoms with van der Waals surface area (Å²) in [5.74, 6) is -1.58. The zero-order valence-corrected chi connectivity index (χ0v) is 16.5. The van der Waals surface area contributed by atoms with Gasteiger partial charge < -0.3 is 14.4 Å². The van der Waals surface area contributed by atoms with Gasteiger partial charge in [-0.1, -0.05) is 42.0 Å². The summed E-state index contributed by atoms with van der Waals surface area (Å²) in [5.41, 5.74) is 1.37. The Morgan fingerprint density at radius 3 is 2.52 bits per heavy atom. The van der Waals surface area contributed by atoms with Gasteiger partial charge in [0.2, 0.25) is 0 Å². The van der Waals surface area contributed by atoms with Crippen LogP contribution in [0.1, 0.15) is 28.5 Å². The molecule has 31 heavy (non-hydrogen) atoms. The molecule has 1 atom stereocenters. The number of nitro benzene ring substituents is 1. The third-order valence-electron chi connectivity index (χ3n) is 5.17. The molecule has 2 aromatic carbocycles. The van der Waals surface area contributed by atoms with Gasteiger partial charge in [-0.15, -0.1) is 0 Å². The van der Waals surface area contributed by atoms with E-state index in [0.29, 0.717) is 16.9 Å². The van der Waals surface area contributed by atoms with Crippen molar-refractivity contribution in [2.45, 2.75) is 19.5 Å². The topological polar surface area (TPSA) is 114 Å². The maximum atomic E-state index is 13.0. The molecule has 1 unspecified atom stereocenters. The van der Waals surface area contributed by atoms with E-state index in [9.17, 15) is 24.8 Å². The highest BCUT2D eigenvalue weighted by Gasteiger charge is 2.46. The summed E-state index contributed by atoms with van der Waals surface area (Å²) in [4.78, 5) is 37.8. The van der Waals surface area contributed by atoms with E-state index in [0.717, 1.165) is 5.56 Å². The zero-order valence-electron chi connectivity index (χ0n) is 16.5. The number of rotatable bonds is 5. The number of Topliss-reactive ketones (excluding diaryl/α,β-unsaturated/α-hetero) is 1. The van der Waals surface area contributed by atoms with Crippen LogP contribution in [0.15, 0.2) is 76.9 Å². The van der Waals surface area contributed by atoms with Crippen molar-refractivity contribution in [3.8, 4) is 0 Å². The van der Waals surface area contributed by atoms with E-state index in [1.165, 1.54) is 29.4 Å². The Morgan fingerprint density at radius 2 is 1.87 bits per heavy atom. The van der Waals surface area contributed by atoms with Crippen molar-refractivity contribution in [3.05, 3.63) is 105 Å². The number of nitrogens with zero attached hydrogens (tertiary/aromatic N) is 2. The number of nitro groups is 1. The lowest BCUT2D eigenvalue weighted by atomic mass is 9.94. The van der Waals surface area contributed by atoms with Crippen LogP contribution in [0, 0.1) is 17.0 Å². The van der Waals surface area contributed by atoms with Gasteiger partial charge in [0.05, 0.1) is 29.3 Å². The van der Waals surface area contributed by atoms with Crippen molar-refractivity contribution in [1.82, 2.24) is 4.90 Å². The van der Waals surface area contributed by atoms with Crippen LogP contribution in [0.3, 0.4) is 0 Å². The maximum Gasteiger partial charge on any atom is 0.296 e. The molecule has 156 valence electrons. The number of non-ortho nitro benzene ring substituents is 1. The van der Waals surface area contributed by atoms with E-state index in [4.69, 9.17) is 4.42 Å². The number of amides is 1. The van der Waals surface area contributed by atoms with Gasteiger partial charge in [-0.3, -0.25) is 19.7 Å². The Balaban J connectivity index is 1.89. The summed E-state index contributed by atoms with van der Waals surface area (Å²) in [6, 6.07) is 14.8. The molecule has 4 rings (SSSR count). The van der Waals surface area contributed by atoms with E-state index in [1.54, 1.807) is 42.5 Å². The molecule has 1 N–H and O–H groups in total. The average molecular weight is 418 g/mol. The Kier molecular flexibility index (Phi) is 5.12. The third kappa shape index (κ3) is 3.71. The first-order valence-corrected chi connectivity index (χ1v) is 9.49. The zero-order chi connectivity index (χ0) is 22.1. The summed E-state index contributed by atoms with van der Waals surface area (Å²) in [5, 5.41) is 22.3. The Hall–Kier alpha value is -4.20. The standard InChI is InChI=1S/C23H18N2O6/c1-14-7-9-15(10-8-14)21(26)19-20(16-4-2-5-17(12-16)25(29)30)24(23(28)22(19)27)13-18-6-3-11-31-18/h2-12,20,26H,13H2,1H3. The van der Waals surface area contributed by atoms with E-state index in [1.807, 2.05) is 6.92 Å². The van der Waals surface area contributed by atoms with Crippen LogP contribution in [-0.4, -0.2) is 26.6 Å².